The normalized spacial score (nSPS) is 19.1. The van der Waals surface area contributed by atoms with Gasteiger partial charge < -0.3 is 15.4 Å². The molecule has 1 heterocycles. The lowest BCUT2D eigenvalue weighted by Gasteiger charge is -2.33. The zero-order chi connectivity index (χ0) is 16.2. The average molecular weight is 316 g/mol. The molecule has 1 aliphatic rings. The van der Waals surface area contributed by atoms with Gasteiger partial charge in [0.1, 0.15) is 5.75 Å². The van der Waals surface area contributed by atoms with Crippen molar-refractivity contribution in [3.05, 3.63) is 29.8 Å². The summed E-state index contributed by atoms with van der Waals surface area (Å²) in [7, 11) is 0. The molecule has 0 aliphatic carbocycles. The third kappa shape index (κ3) is 4.37. The number of carbonyl (C=O) groups excluding carboxylic acids is 1. The molecule has 4 nitrogen and oxygen atoms in total. The summed E-state index contributed by atoms with van der Waals surface area (Å²) in [6.07, 6.45) is -3.82. The zero-order valence-electron chi connectivity index (χ0n) is 12.1. The number of alkyl halides is 3. The number of benzene rings is 1. The van der Waals surface area contributed by atoms with E-state index in [0.29, 0.717) is 25.3 Å². The Bertz CT molecular complexity index is 520. The van der Waals surface area contributed by atoms with Crippen LogP contribution < -0.4 is 10.5 Å². The number of amides is 1. The molecule has 2 rings (SSSR count). The van der Waals surface area contributed by atoms with Gasteiger partial charge in [0.25, 0.3) is 5.91 Å². The Morgan fingerprint density at radius 1 is 1.41 bits per heavy atom. The summed E-state index contributed by atoms with van der Waals surface area (Å²) in [4.78, 5) is 13.2. The van der Waals surface area contributed by atoms with Crippen molar-refractivity contribution in [1.82, 2.24) is 4.90 Å². The molecule has 0 saturated carbocycles. The molecule has 2 N–H and O–H groups in total. The van der Waals surface area contributed by atoms with Gasteiger partial charge in [-0.15, -0.1) is 0 Å². The zero-order valence-corrected chi connectivity index (χ0v) is 12.1. The van der Waals surface area contributed by atoms with Gasteiger partial charge in [-0.05, 0) is 30.5 Å². The summed E-state index contributed by atoms with van der Waals surface area (Å²) in [5.74, 6) is -1.38. The molecule has 1 atom stereocenters. The van der Waals surface area contributed by atoms with Crippen molar-refractivity contribution in [2.24, 2.45) is 11.7 Å². The summed E-state index contributed by atoms with van der Waals surface area (Å²) in [6.45, 7) is 0.148. The summed E-state index contributed by atoms with van der Waals surface area (Å²) < 4.78 is 43.5. The fourth-order valence-electron chi connectivity index (χ4n) is 2.47. The first kappa shape index (κ1) is 16.6. The number of hydrogen-bond acceptors (Lipinski definition) is 3. The van der Waals surface area contributed by atoms with Gasteiger partial charge in [0.15, 0.2) is 6.61 Å². The fourth-order valence-corrected chi connectivity index (χ4v) is 2.47. The van der Waals surface area contributed by atoms with Crippen LogP contribution in [-0.2, 0) is 11.3 Å². The highest BCUT2D eigenvalue weighted by Gasteiger charge is 2.42. The van der Waals surface area contributed by atoms with E-state index in [9.17, 15) is 18.0 Å². The second-order valence-corrected chi connectivity index (χ2v) is 5.36. The van der Waals surface area contributed by atoms with Gasteiger partial charge in [0, 0.05) is 19.6 Å². The minimum Gasteiger partial charge on any atom is -0.484 e. The molecule has 0 bridgehead atoms. The second kappa shape index (κ2) is 7.00. The molecule has 7 heteroatoms. The van der Waals surface area contributed by atoms with E-state index in [1.807, 2.05) is 6.07 Å². The van der Waals surface area contributed by atoms with Gasteiger partial charge in [-0.3, -0.25) is 4.79 Å². The summed E-state index contributed by atoms with van der Waals surface area (Å²) in [5, 5.41) is 0. The van der Waals surface area contributed by atoms with Crippen molar-refractivity contribution >= 4 is 5.91 Å². The maximum Gasteiger partial charge on any atom is 0.393 e. The van der Waals surface area contributed by atoms with Gasteiger partial charge in [0.05, 0.1) is 5.92 Å². The van der Waals surface area contributed by atoms with E-state index in [1.54, 1.807) is 18.2 Å². The molecule has 1 fully saturated rings. The number of rotatable bonds is 4. The van der Waals surface area contributed by atoms with Crippen LogP contribution in [0.15, 0.2) is 24.3 Å². The van der Waals surface area contributed by atoms with E-state index in [-0.39, 0.29) is 19.6 Å². The first-order chi connectivity index (χ1) is 10.4. The molecular formula is C15H19F3N2O2. The Hall–Kier alpha value is -1.76. The number of hydrogen-bond donors (Lipinski definition) is 1. The molecule has 0 spiro atoms. The van der Waals surface area contributed by atoms with Gasteiger partial charge in [0.2, 0.25) is 0 Å². The lowest BCUT2D eigenvalue weighted by molar-refractivity contribution is -0.188. The van der Waals surface area contributed by atoms with Crippen LogP contribution in [0.2, 0.25) is 0 Å². The fraction of sp³-hybridized carbons (Fsp3) is 0.533. The van der Waals surface area contributed by atoms with E-state index in [1.165, 1.54) is 4.90 Å². The molecule has 1 aliphatic heterocycles. The smallest absolute Gasteiger partial charge is 0.393 e. The van der Waals surface area contributed by atoms with E-state index in [0.717, 1.165) is 5.56 Å². The van der Waals surface area contributed by atoms with E-state index < -0.39 is 18.0 Å². The van der Waals surface area contributed by atoms with Gasteiger partial charge in [-0.25, -0.2) is 0 Å². The molecular weight excluding hydrogens is 297 g/mol. The number of ether oxygens (including phenoxy) is 1. The molecule has 22 heavy (non-hydrogen) atoms. The second-order valence-electron chi connectivity index (χ2n) is 5.36. The highest BCUT2D eigenvalue weighted by Crippen LogP contribution is 2.33. The van der Waals surface area contributed by atoms with Crippen molar-refractivity contribution in [3.8, 4) is 5.75 Å². The van der Waals surface area contributed by atoms with E-state index >= 15 is 0 Å². The van der Waals surface area contributed by atoms with Crippen LogP contribution in [0.1, 0.15) is 18.4 Å². The minimum absolute atomic E-state index is 0.0761. The topological polar surface area (TPSA) is 55.6 Å². The first-order valence-corrected chi connectivity index (χ1v) is 7.16. The van der Waals surface area contributed by atoms with Crippen molar-refractivity contribution < 1.29 is 22.7 Å². The first-order valence-electron chi connectivity index (χ1n) is 7.16. The van der Waals surface area contributed by atoms with Crippen molar-refractivity contribution in [3.63, 3.8) is 0 Å². The maximum absolute atomic E-state index is 12.7. The standard InChI is InChI=1S/C15H19F3N2O2/c16-15(17,18)12-4-2-6-20(9-12)14(21)10-22-13-5-1-3-11(7-13)8-19/h1,3,5,7,12H,2,4,6,8-10,19H2. The number of likely N-dealkylation sites (tertiary alicyclic amines) is 1. The van der Waals surface area contributed by atoms with Crippen LogP contribution in [0, 0.1) is 5.92 Å². The Balaban J connectivity index is 1.89. The van der Waals surface area contributed by atoms with Crippen molar-refractivity contribution in [2.45, 2.75) is 25.6 Å². The molecule has 1 aromatic rings. The lowest BCUT2D eigenvalue weighted by atomic mass is 9.97. The SMILES string of the molecule is NCc1cccc(OCC(=O)N2CCCC(C(F)(F)F)C2)c1. The van der Waals surface area contributed by atoms with Crippen LogP contribution in [-0.4, -0.2) is 36.7 Å². The number of nitrogens with zero attached hydrogens (tertiary/aromatic N) is 1. The molecule has 0 aromatic heterocycles. The Morgan fingerprint density at radius 3 is 2.86 bits per heavy atom. The van der Waals surface area contributed by atoms with Crippen LogP contribution in [0.25, 0.3) is 0 Å². The van der Waals surface area contributed by atoms with Gasteiger partial charge in [-0.1, -0.05) is 12.1 Å². The highest BCUT2D eigenvalue weighted by atomic mass is 19.4. The summed E-state index contributed by atoms with van der Waals surface area (Å²) in [5.41, 5.74) is 6.37. The number of nitrogens with two attached hydrogens (primary N) is 1. The van der Waals surface area contributed by atoms with Gasteiger partial charge >= 0.3 is 6.18 Å². The molecule has 1 saturated heterocycles. The third-order valence-electron chi connectivity index (χ3n) is 3.73. The molecule has 0 radical (unpaired) electrons. The molecule has 1 amide bonds. The Morgan fingerprint density at radius 2 is 2.18 bits per heavy atom. The Kier molecular flexibility index (Phi) is 5.28. The molecule has 122 valence electrons. The molecule has 1 unspecified atom stereocenters. The maximum atomic E-state index is 12.7. The predicted octanol–water partition coefficient (Wildman–Crippen LogP) is 2.33. The van der Waals surface area contributed by atoms with Crippen LogP contribution in [0.5, 0.6) is 5.75 Å². The van der Waals surface area contributed by atoms with Gasteiger partial charge in [-0.2, -0.15) is 13.2 Å². The minimum atomic E-state index is -4.25. The summed E-state index contributed by atoms with van der Waals surface area (Å²) >= 11 is 0. The lowest BCUT2D eigenvalue weighted by Crippen LogP contribution is -2.46. The van der Waals surface area contributed by atoms with Crippen molar-refractivity contribution in [2.75, 3.05) is 19.7 Å². The monoisotopic (exact) mass is 316 g/mol. The highest BCUT2D eigenvalue weighted by molar-refractivity contribution is 5.77. The third-order valence-corrected chi connectivity index (χ3v) is 3.73. The Labute approximate surface area is 127 Å². The van der Waals surface area contributed by atoms with E-state index in [4.69, 9.17) is 10.5 Å². The van der Waals surface area contributed by atoms with Crippen LogP contribution in [0.4, 0.5) is 13.2 Å². The summed E-state index contributed by atoms with van der Waals surface area (Å²) in [6, 6.07) is 6.97. The predicted molar refractivity (Wildman–Crippen MR) is 75.2 cm³/mol. The van der Waals surface area contributed by atoms with Crippen molar-refractivity contribution in [1.29, 1.82) is 0 Å². The van der Waals surface area contributed by atoms with E-state index in [2.05, 4.69) is 0 Å². The number of carbonyl (C=O) groups is 1. The van der Waals surface area contributed by atoms with Crippen LogP contribution >= 0.6 is 0 Å². The quantitative estimate of drug-likeness (QED) is 0.927. The largest absolute Gasteiger partial charge is 0.484 e. The molecule has 1 aromatic carbocycles. The van der Waals surface area contributed by atoms with Crippen LogP contribution in [0.3, 0.4) is 0 Å². The number of piperidine rings is 1. The number of halogens is 3. The average Bonchev–Trinajstić information content (AvgIpc) is 2.52.